The lowest BCUT2D eigenvalue weighted by Crippen LogP contribution is -2.09. The third-order valence-electron chi connectivity index (χ3n) is 4.82. The molecule has 5 nitrogen and oxygen atoms in total. The van der Waals surface area contributed by atoms with Crippen LogP contribution >= 0.6 is 11.6 Å². The zero-order valence-electron chi connectivity index (χ0n) is 15.6. The molecule has 152 valence electrons. The van der Waals surface area contributed by atoms with Crippen LogP contribution in [0.15, 0.2) is 36.4 Å². The van der Waals surface area contributed by atoms with E-state index in [0.717, 1.165) is 17.7 Å². The van der Waals surface area contributed by atoms with E-state index in [1.54, 1.807) is 18.2 Å². The Balaban J connectivity index is 1.96. The first-order chi connectivity index (χ1) is 13.8. The SMILES string of the molecule is COc1cccc(OC)c1-c1nn(-c2cc(C(F)(F)F)ccc2Cl)c2c1CCN2. The van der Waals surface area contributed by atoms with Gasteiger partial charge in [-0.05, 0) is 36.8 Å². The number of rotatable bonds is 4. The van der Waals surface area contributed by atoms with E-state index >= 15 is 0 Å². The lowest BCUT2D eigenvalue weighted by atomic mass is 10.0. The monoisotopic (exact) mass is 423 g/mol. The summed E-state index contributed by atoms with van der Waals surface area (Å²) in [4.78, 5) is 0. The maximum absolute atomic E-state index is 13.2. The molecule has 1 N–H and O–H groups in total. The summed E-state index contributed by atoms with van der Waals surface area (Å²) < 4.78 is 52.1. The van der Waals surface area contributed by atoms with E-state index in [-0.39, 0.29) is 10.7 Å². The summed E-state index contributed by atoms with van der Waals surface area (Å²) in [6, 6.07) is 8.53. The second-order valence-electron chi connectivity index (χ2n) is 6.47. The van der Waals surface area contributed by atoms with Crippen molar-refractivity contribution in [1.29, 1.82) is 0 Å². The topological polar surface area (TPSA) is 48.3 Å². The van der Waals surface area contributed by atoms with Gasteiger partial charge in [0.2, 0.25) is 0 Å². The van der Waals surface area contributed by atoms with Crippen LogP contribution in [0.4, 0.5) is 19.0 Å². The number of alkyl halides is 3. The van der Waals surface area contributed by atoms with Crippen molar-refractivity contribution in [1.82, 2.24) is 9.78 Å². The molecule has 0 bridgehead atoms. The molecule has 1 aromatic heterocycles. The van der Waals surface area contributed by atoms with Crippen molar-refractivity contribution < 1.29 is 22.6 Å². The molecule has 0 atom stereocenters. The van der Waals surface area contributed by atoms with Gasteiger partial charge in [-0.2, -0.15) is 18.3 Å². The van der Waals surface area contributed by atoms with Crippen molar-refractivity contribution in [2.45, 2.75) is 12.6 Å². The quantitative estimate of drug-likeness (QED) is 0.627. The van der Waals surface area contributed by atoms with Gasteiger partial charge in [-0.3, -0.25) is 0 Å². The van der Waals surface area contributed by atoms with Gasteiger partial charge in [-0.1, -0.05) is 17.7 Å². The molecule has 0 unspecified atom stereocenters. The van der Waals surface area contributed by atoms with Crippen molar-refractivity contribution in [2.75, 3.05) is 26.1 Å². The standard InChI is InChI=1S/C20H17ClF3N3O2/c1-28-15-4-3-5-16(29-2)17(15)18-12-8-9-25-19(12)27(26-18)14-10-11(20(22,23)24)6-7-13(14)21/h3-7,10,25H,8-9H2,1-2H3. The fraction of sp³-hybridized carbons (Fsp3) is 0.250. The Hall–Kier alpha value is -2.87. The van der Waals surface area contributed by atoms with Crippen molar-refractivity contribution in [3.05, 3.63) is 52.5 Å². The van der Waals surface area contributed by atoms with Crippen LogP contribution < -0.4 is 14.8 Å². The number of fused-ring (bicyclic) bond motifs is 1. The molecule has 0 saturated heterocycles. The van der Waals surface area contributed by atoms with Gasteiger partial charge in [0.25, 0.3) is 0 Å². The predicted octanol–water partition coefficient (Wildman–Crippen LogP) is 5.20. The normalized spacial score (nSPS) is 13.2. The molecule has 1 aliphatic heterocycles. The van der Waals surface area contributed by atoms with Crippen LogP contribution in [-0.2, 0) is 12.6 Å². The van der Waals surface area contributed by atoms with Crippen LogP contribution in [0.3, 0.4) is 0 Å². The first-order valence-electron chi connectivity index (χ1n) is 8.79. The summed E-state index contributed by atoms with van der Waals surface area (Å²) in [5, 5.41) is 7.98. The highest BCUT2D eigenvalue weighted by Gasteiger charge is 2.33. The Morgan fingerprint density at radius 1 is 1.10 bits per heavy atom. The maximum Gasteiger partial charge on any atom is 0.416 e. The molecule has 29 heavy (non-hydrogen) atoms. The molecule has 0 radical (unpaired) electrons. The molecular formula is C20H17ClF3N3O2. The lowest BCUT2D eigenvalue weighted by Gasteiger charge is -2.13. The Morgan fingerprint density at radius 2 is 1.79 bits per heavy atom. The summed E-state index contributed by atoms with van der Waals surface area (Å²) in [5.41, 5.74) is 1.43. The number of aromatic nitrogens is 2. The third kappa shape index (κ3) is 3.27. The molecule has 3 aromatic rings. The average molecular weight is 424 g/mol. The molecule has 0 spiro atoms. The van der Waals surface area contributed by atoms with Gasteiger partial charge < -0.3 is 14.8 Å². The van der Waals surface area contributed by atoms with E-state index in [2.05, 4.69) is 10.4 Å². The van der Waals surface area contributed by atoms with E-state index in [4.69, 9.17) is 21.1 Å². The average Bonchev–Trinajstić information content (AvgIpc) is 3.29. The van der Waals surface area contributed by atoms with E-state index in [0.29, 0.717) is 41.5 Å². The molecular weight excluding hydrogens is 407 g/mol. The second-order valence-corrected chi connectivity index (χ2v) is 6.87. The summed E-state index contributed by atoms with van der Waals surface area (Å²) in [5.74, 6) is 1.71. The number of methoxy groups -OCH3 is 2. The van der Waals surface area contributed by atoms with E-state index in [1.165, 1.54) is 25.0 Å². The highest BCUT2D eigenvalue weighted by Crippen LogP contribution is 2.44. The number of hydrogen-bond acceptors (Lipinski definition) is 4. The molecule has 9 heteroatoms. The van der Waals surface area contributed by atoms with Crippen molar-refractivity contribution in [3.8, 4) is 28.4 Å². The second kappa shape index (κ2) is 7.18. The fourth-order valence-electron chi connectivity index (χ4n) is 3.49. The first-order valence-corrected chi connectivity index (χ1v) is 9.17. The minimum Gasteiger partial charge on any atom is -0.496 e. The fourth-order valence-corrected chi connectivity index (χ4v) is 3.68. The molecule has 2 heterocycles. The Bertz CT molecular complexity index is 1060. The molecule has 0 aliphatic carbocycles. The van der Waals surface area contributed by atoms with Gasteiger partial charge >= 0.3 is 6.18 Å². The third-order valence-corrected chi connectivity index (χ3v) is 5.14. The summed E-state index contributed by atoms with van der Waals surface area (Å²) in [6.07, 6.45) is -3.83. The van der Waals surface area contributed by atoms with Crippen LogP contribution in [0.2, 0.25) is 5.02 Å². The van der Waals surface area contributed by atoms with Crippen LogP contribution in [0, 0.1) is 0 Å². The van der Waals surface area contributed by atoms with Crippen LogP contribution in [-0.4, -0.2) is 30.5 Å². The molecule has 0 amide bonds. The predicted molar refractivity (Wildman–Crippen MR) is 104 cm³/mol. The smallest absolute Gasteiger partial charge is 0.416 e. The minimum absolute atomic E-state index is 0.146. The number of halogens is 4. The minimum atomic E-state index is -4.49. The van der Waals surface area contributed by atoms with E-state index < -0.39 is 11.7 Å². The number of benzene rings is 2. The highest BCUT2D eigenvalue weighted by molar-refractivity contribution is 6.32. The van der Waals surface area contributed by atoms with Crippen molar-refractivity contribution in [2.24, 2.45) is 0 Å². The number of nitrogens with one attached hydrogen (secondary N) is 1. The zero-order valence-corrected chi connectivity index (χ0v) is 16.4. The molecule has 0 saturated carbocycles. The highest BCUT2D eigenvalue weighted by atomic mass is 35.5. The first kappa shape index (κ1) is 19.4. The summed E-state index contributed by atoms with van der Waals surface area (Å²) in [6.45, 7) is 0.633. The van der Waals surface area contributed by atoms with Crippen molar-refractivity contribution in [3.63, 3.8) is 0 Å². The number of nitrogens with zero attached hydrogens (tertiary/aromatic N) is 2. The Labute approximate surface area is 170 Å². The van der Waals surface area contributed by atoms with E-state index in [1.807, 2.05) is 0 Å². The zero-order chi connectivity index (χ0) is 20.8. The van der Waals surface area contributed by atoms with Crippen LogP contribution in [0.1, 0.15) is 11.1 Å². The molecule has 4 rings (SSSR count). The van der Waals surface area contributed by atoms with Crippen molar-refractivity contribution >= 4 is 17.4 Å². The molecule has 2 aromatic carbocycles. The van der Waals surface area contributed by atoms with Gasteiger partial charge in [-0.25, -0.2) is 4.68 Å². The van der Waals surface area contributed by atoms with Crippen LogP contribution in [0.5, 0.6) is 11.5 Å². The largest absolute Gasteiger partial charge is 0.496 e. The number of hydrogen-bond donors (Lipinski definition) is 1. The Kier molecular flexibility index (Phi) is 4.82. The van der Waals surface area contributed by atoms with Crippen LogP contribution in [0.25, 0.3) is 16.9 Å². The summed E-state index contributed by atoms with van der Waals surface area (Å²) in [7, 11) is 3.08. The van der Waals surface area contributed by atoms with Gasteiger partial charge in [-0.15, -0.1) is 0 Å². The molecule has 1 aliphatic rings. The summed E-state index contributed by atoms with van der Waals surface area (Å²) >= 11 is 6.25. The van der Waals surface area contributed by atoms with Gasteiger partial charge in [0.15, 0.2) is 0 Å². The van der Waals surface area contributed by atoms with Gasteiger partial charge in [0.1, 0.15) is 23.0 Å². The number of anilines is 1. The maximum atomic E-state index is 13.2. The molecule has 0 fully saturated rings. The van der Waals surface area contributed by atoms with E-state index in [9.17, 15) is 13.2 Å². The van der Waals surface area contributed by atoms with Gasteiger partial charge in [0, 0.05) is 12.1 Å². The Morgan fingerprint density at radius 3 is 2.41 bits per heavy atom. The van der Waals surface area contributed by atoms with Gasteiger partial charge in [0.05, 0.1) is 36.1 Å². The lowest BCUT2D eigenvalue weighted by molar-refractivity contribution is -0.137. The number of ether oxygens (including phenoxy) is 2.